The van der Waals surface area contributed by atoms with Gasteiger partial charge in [-0.05, 0) is 40.8 Å². The molecule has 2 aromatic carbocycles. The molecule has 25 heavy (non-hydrogen) atoms. The molecule has 0 aliphatic carbocycles. The average molecular weight is 338 g/mol. The predicted molar refractivity (Wildman–Crippen MR) is 96.9 cm³/mol. The van der Waals surface area contributed by atoms with Crippen molar-refractivity contribution < 1.29 is 14.3 Å². The van der Waals surface area contributed by atoms with Crippen LogP contribution in [0.25, 0.3) is 0 Å². The van der Waals surface area contributed by atoms with Gasteiger partial charge >= 0.3 is 0 Å². The third kappa shape index (κ3) is 3.99. The Bertz CT molecular complexity index is 805. The molecule has 0 saturated carbocycles. The molecule has 3 rings (SSSR count). The topological polar surface area (TPSA) is 67.4 Å². The minimum Gasteiger partial charge on any atom is -0.482 e. The molecule has 5 heteroatoms. The Balaban J connectivity index is 1.63. The van der Waals surface area contributed by atoms with Gasteiger partial charge in [0.15, 0.2) is 6.61 Å². The highest BCUT2D eigenvalue weighted by Gasteiger charge is 2.17. The quantitative estimate of drug-likeness (QED) is 0.903. The third-order valence-electron chi connectivity index (χ3n) is 4.15. The number of benzene rings is 2. The predicted octanol–water partition coefficient (Wildman–Crippen LogP) is 3.25. The molecule has 1 aliphatic rings. The van der Waals surface area contributed by atoms with Crippen molar-refractivity contribution in [3.05, 3.63) is 59.2 Å². The van der Waals surface area contributed by atoms with E-state index in [1.165, 1.54) is 5.56 Å². The zero-order valence-electron chi connectivity index (χ0n) is 14.7. The van der Waals surface area contributed by atoms with E-state index in [9.17, 15) is 9.59 Å². The monoisotopic (exact) mass is 338 g/mol. The van der Waals surface area contributed by atoms with E-state index in [-0.39, 0.29) is 23.8 Å². The molecule has 2 amide bonds. The molecule has 0 bridgehead atoms. The number of hydrogen-bond donors (Lipinski definition) is 2. The summed E-state index contributed by atoms with van der Waals surface area (Å²) in [6, 6.07) is 13.2. The van der Waals surface area contributed by atoms with Gasteiger partial charge < -0.3 is 15.4 Å². The summed E-state index contributed by atoms with van der Waals surface area (Å²) in [5.74, 6) is 0.348. The average Bonchev–Trinajstić information content (AvgIpc) is 2.59. The first-order valence-electron chi connectivity index (χ1n) is 8.27. The van der Waals surface area contributed by atoms with Crippen molar-refractivity contribution in [3.8, 4) is 5.75 Å². The lowest BCUT2D eigenvalue weighted by molar-refractivity contribution is -0.118. The fourth-order valence-corrected chi connectivity index (χ4v) is 2.63. The summed E-state index contributed by atoms with van der Waals surface area (Å²) in [6.45, 7) is 6.83. The lowest BCUT2D eigenvalue weighted by Gasteiger charge is -2.19. The number of anilines is 1. The van der Waals surface area contributed by atoms with Crippen molar-refractivity contribution in [2.24, 2.45) is 0 Å². The summed E-state index contributed by atoms with van der Waals surface area (Å²) >= 11 is 0. The fraction of sp³-hybridized carbons (Fsp3) is 0.300. The summed E-state index contributed by atoms with van der Waals surface area (Å²) in [7, 11) is 0. The lowest BCUT2D eigenvalue weighted by atomic mass is 9.87. The highest BCUT2D eigenvalue weighted by atomic mass is 16.5. The first-order valence-corrected chi connectivity index (χ1v) is 8.27. The maximum atomic E-state index is 12.3. The molecule has 1 heterocycles. The van der Waals surface area contributed by atoms with Crippen LogP contribution in [0.5, 0.6) is 5.75 Å². The Morgan fingerprint density at radius 2 is 1.88 bits per heavy atom. The van der Waals surface area contributed by atoms with Crippen LogP contribution in [0.2, 0.25) is 0 Å². The standard InChI is InChI=1S/C20H22N2O3/c1-20(2,3)15-7-5-14(6-8-15)19(24)21-11-13-4-9-16-17(10-13)25-12-18(23)22-16/h4-10H,11-12H2,1-3H3,(H,21,24)(H,22,23). The Morgan fingerprint density at radius 1 is 1.16 bits per heavy atom. The molecule has 0 aromatic heterocycles. The molecule has 130 valence electrons. The van der Waals surface area contributed by atoms with Crippen molar-refractivity contribution in [1.29, 1.82) is 0 Å². The Morgan fingerprint density at radius 3 is 2.56 bits per heavy atom. The molecule has 0 radical (unpaired) electrons. The highest BCUT2D eigenvalue weighted by molar-refractivity contribution is 5.95. The van der Waals surface area contributed by atoms with Gasteiger partial charge in [-0.1, -0.05) is 39.0 Å². The van der Waals surface area contributed by atoms with E-state index in [1.807, 2.05) is 36.4 Å². The molecule has 0 fully saturated rings. The Kier molecular flexibility index (Phi) is 4.49. The van der Waals surface area contributed by atoms with Crippen molar-refractivity contribution in [1.82, 2.24) is 5.32 Å². The van der Waals surface area contributed by atoms with Crippen molar-refractivity contribution in [3.63, 3.8) is 0 Å². The van der Waals surface area contributed by atoms with Crippen LogP contribution in [0.4, 0.5) is 5.69 Å². The largest absolute Gasteiger partial charge is 0.482 e. The van der Waals surface area contributed by atoms with Crippen molar-refractivity contribution in [2.45, 2.75) is 32.7 Å². The number of hydrogen-bond acceptors (Lipinski definition) is 3. The SMILES string of the molecule is CC(C)(C)c1ccc(C(=O)NCc2ccc3c(c2)OCC(=O)N3)cc1. The number of rotatable bonds is 3. The van der Waals surface area contributed by atoms with Crippen molar-refractivity contribution in [2.75, 3.05) is 11.9 Å². The van der Waals surface area contributed by atoms with Crippen molar-refractivity contribution >= 4 is 17.5 Å². The molecule has 0 unspecified atom stereocenters. The fourth-order valence-electron chi connectivity index (χ4n) is 2.63. The minimum absolute atomic E-state index is 0.0168. The van der Waals surface area contributed by atoms with Gasteiger partial charge in [-0.3, -0.25) is 9.59 Å². The summed E-state index contributed by atoms with van der Waals surface area (Å²) in [5.41, 5.74) is 3.46. The molecular weight excluding hydrogens is 316 g/mol. The van der Waals surface area contributed by atoms with Gasteiger partial charge in [-0.25, -0.2) is 0 Å². The van der Waals surface area contributed by atoms with Gasteiger partial charge in [-0.2, -0.15) is 0 Å². The van der Waals surface area contributed by atoms with Crippen LogP contribution < -0.4 is 15.4 Å². The van der Waals surface area contributed by atoms with Crippen LogP contribution >= 0.6 is 0 Å². The summed E-state index contributed by atoms with van der Waals surface area (Å²) in [5, 5.41) is 5.65. The van der Waals surface area contributed by atoms with Gasteiger partial charge in [0.25, 0.3) is 11.8 Å². The molecule has 0 saturated heterocycles. The van der Waals surface area contributed by atoms with Gasteiger partial charge in [-0.15, -0.1) is 0 Å². The smallest absolute Gasteiger partial charge is 0.262 e. The van der Waals surface area contributed by atoms with Gasteiger partial charge in [0.1, 0.15) is 5.75 Å². The number of ether oxygens (including phenoxy) is 1. The summed E-state index contributed by atoms with van der Waals surface area (Å²) < 4.78 is 5.39. The maximum Gasteiger partial charge on any atom is 0.262 e. The van der Waals surface area contributed by atoms with Crippen LogP contribution in [0, 0.1) is 0 Å². The van der Waals surface area contributed by atoms with E-state index < -0.39 is 0 Å². The maximum absolute atomic E-state index is 12.3. The van der Waals surface area contributed by atoms with E-state index in [0.29, 0.717) is 23.5 Å². The zero-order valence-corrected chi connectivity index (χ0v) is 14.7. The second-order valence-electron chi connectivity index (χ2n) is 7.18. The number of fused-ring (bicyclic) bond motifs is 1. The second kappa shape index (κ2) is 6.59. The second-order valence-corrected chi connectivity index (χ2v) is 7.18. The molecule has 1 aliphatic heterocycles. The third-order valence-corrected chi connectivity index (χ3v) is 4.15. The van der Waals surface area contributed by atoms with Gasteiger partial charge in [0, 0.05) is 12.1 Å². The lowest BCUT2D eigenvalue weighted by Crippen LogP contribution is -2.26. The van der Waals surface area contributed by atoms with E-state index >= 15 is 0 Å². The Labute approximate surface area is 147 Å². The number of carbonyl (C=O) groups excluding carboxylic acids is 2. The highest BCUT2D eigenvalue weighted by Crippen LogP contribution is 2.28. The summed E-state index contributed by atoms with van der Waals surface area (Å²) in [4.78, 5) is 23.6. The molecule has 0 spiro atoms. The normalized spacial score (nSPS) is 13.5. The van der Waals surface area contributed by atoms with Crippen LogP contribution in [0.15, 0.2) is 42.5 Å². The van der Waals surface area contributed by atoms with Crippen LogP contribution in [0.3, 0.4) is 0 Å². The van der Waals surface area contributed by atoms with Crippen LogP contribution in [-0.2, 0) is 16.8 Å². The van der Waals surface area contributed by atoms with E-state index in [2.05, 4.69) is 31.4 Å². The first-order chi connectivity index (χ1) is 11.8. The van der Waals surface area contributed by atoms with E-state index in [4.69, 9.17) is 4.74 Å². The molecule has 2 aromatic rings. The number of nitrogens with one attached hydrogen (secondary N) is 2. The van der Waals surface area contributed by atoms with E-state index in [1.54, 1.807) is 6.07 Å². The Hall–Kier alpha value is -2.82. The van der Waals surface area contributed by atoms with Crippen LogP contribution in [0.1, 0.15) is 42.3 Å². The van der Waals surface area contributed by atoms with Gasteiger partial charge in [0.2, 0.25) is 0 Å². The minimum atomic E-state index is -0.160. The molecule has 5 nitrogen and oxygen atoms in total. The number of amides is 2. The van der Waals surface area contributed by atoms with Gasteiger partial charge in [0.05, 0.1) is 5.69 Å². The molecule has 2 N–H and O–H groups in total. The first kappa shape index (κ1) is 17.0. The zero-order chi connectivity index (χ0) is 18.0. The van der Waals surface area contributed by atoms with Crippen LogP contribution in [-0.4, -0.2) is 18.4 Å². The number of carbonyl (C=O) groups is 2. The van der Waals surface area contributed by atoms with E-state index in [0.717, 1.165) is 5.56 Å². The molecule has 0 atom stereocenters. The molecular formula is C20H22N2O3. The summed E-state index contributed by atoms with van der Waals surface area (Å²) in [6.07, 6.45) is 0.